The van der Waals surface area contributed by atoms with Crippen molar-refractivity contribution in [3.8, 4) is 17.1 Å². The highest BCUT2D eigenvalue weighted by atomic mass is 35.5. The summed E-state index contributed by atoms with van der Waals surface area (Å²) < 4.78 is 7.07. The predicted molar refractivity (Wildman–Crippen MR) is 98.3 cm³/mol. The second-order valence-electron chi connectivity index (χ2n) is 4.81. The molecule has 2 N–H and O–H groups in total. The third-order valence-electron chi connectivity index (χ3n) is 3.16. The van der Waals surface area contributed by atoms with Crippen LogP contribution in [0.15, 0.2) is 53.7 Å². The number of nitrogen functional groups attached to an aromatic ring is 1. The molecule has 0 saturated carbocycles. The molecule has 24 heavy (non-hydrogen) atoms. The van der Waals surface area contributed by atoms with Gasteiger partial charge in [-0.2, -0.15) is 0 Å². The molecular weight excluding hydrogens is 367 g/mol. The Hall–Kier alpha value is -1.89. The molecule has 2 aromatic carbocycles. The molecule has 124 valence electrons. The maximum atomic E-state index is 6.17. The Bertz CT molecular complexity index is 840. The van der Waals surface area contributed by atoms with E-state index >= 15 is 0 Å². The van der Waals surface area contributed by atoms with E-state index in [1.54, 1.807) is 18.2 Å². The second-order valence-corrected chi connectivity index (χ2v) is 6.72. The number of nitrogens with zero attached hydrogens (tertiary/aromatic N) is 3. The molecular formula is C16H14Cl2N4OS. The van der Waals surface area contributed by atoms with Crippen molar-refractivity contribution >= 4 is 35.0 Å². The number of benzene rings is 2. The van der Waals surface area contributed by atoms with Gasteiger partial charge in [-0.15, -0.1) is 10.2 Å². The van der Waals surface area contributed by atoms with Crippen LogP contribution in [0.5, 0.6) is 5.75 Å². The SMILES string of the molecule is Nn1c(SCCOc2cccc(Cl)c2)nnc1-c1ccccc1Cl. The number of rotatable bonds is 6. The summed E-state index contributed by atoms with van der Waals surface area (Å²) in [6.45, 7) is 0.499. The van der Waals surface area contributed by atoms with Gasteiger partial charge in [0.1, 0.15) is 5.75 Å². The minimum absolute atomic E-state index is 0.499. The lowest BCUT2D eigenvalue weighted by molar-refractivity contribution is 0.344. The number of halogens is 2. The van der Waals surface area contributed by atoms with Gasteiger partial charge in [0.2, 0.25) is 5.16 Å². The standard InChI is InChI=1S/C16H14Cl2N4OS/c17-11-4-3-5-12(10-11)23-8-9-24-16-21-20-15(22(16)19)13-6-1-2-7-14(13)18/h1-7,10H,8-9,19H2. The fraction of sp³-hybridized carbons (Fsp3) is 0.125. The normalized spacial score (nSPS) is 10.8. The van der Waals surface area contributed by atoms with Crippen molar-refractivity contribution in [2.24, 2.45) is 0 Å². The monoisotopic (exact) mass is 380 g/mol. The van der Waals surface area contributed by atoms with Crippen LogP contribution in [0.4, 0.5) is 0 Å². The van der Waals surface area contributed by atoms with Gasteiger partial charge in [0, 0.05) is 16.3 Å². The summed E-state index contributed by atoms with van der Waals surface area (Å²) in [5.41, 5.74) is 0.746. The number of nitrogens with two attached hydrogens (primary N) is 1. The zero-order valence-corrected chi connectivity index (χ0v) is 14.9. The topological polar surface area (TPSA) is 66.0 Å². The first-order valence-electron chi connectivity index (χ1n) is 7.11. The van der Waals surface area contributed by atoms with Crippen LogP contribution in [0.2, 0.25) is 10.0 Å². The van der Waals surface area contributed by atoms with E-state index in [0.717, 1.165) is 11.3 Å². The third-order valence-corrected chi connectivity index (χ3v) is 4.63. The fourth-order valence-electron chi connectivity index (χ4n) is 2.05. The molecule has 0 amide bonds. The van der Waals surface area contributed by atoms with E-state index in [4.69, 9.17) is 33.8 Å². The molecule has 0 aliphatic rings. The summed E-state index contributed by atoms with van der Waals surface area (Å²) in [5.74, 6) is 8.00. The lowest BCUT2D eigenvalue weighted by Crippen LogP contribution is -2.12. The molecule has 3 aromatic rings. The summed E-state index contributed by atoms with van der Waals surface area (Å²) in [6.07, 6.45) is 0. The van der Waals surface area contributed by atoms with Crippen molar-refractivity contribution in [2.75, 3.05) is 18.2 Å². The van der Waals surface area contributed by atoms with E-state index in [-0.39, 0.29) is 0 Å². The summed E-state index contributed by atoms with van der Waals surface area (Å²) in [6, 6.07) is 14.6. The highest BCUT2D eigenvalue weighted by molar-refractivity contribution is 7.99. The zero-order valence-electron chi connectivity index (χ0n) is 12.5. The number of hydrogen-bond donors (Lipinski definition) is 1. The Labute approximate surface area is 153 Å². The Morgan fingerprint density at radius 1 is 1.08 bits per heavy atom. The number of aromatic nitrogens is 3. The molecule has 0 aliphatic heterocycles. The fourth-order valence-corrected chi connectivity index (χ4v) is 3.12. The number of thioether (sulfide) groups is 1. The minimum atomic E-state index is 0.499. The van der Waals surface area contributed by atoms with E-state index in [2.05, 4.69) is 10.2 Å². The average Bonchev–Trinajstić information content (AvgIpc) is 2.93. The van der Waals surface area contributed by atoms with E-state index in [1.165, 1.54) is 16.4 Å². The maximum Gasteiger partial charge on any atom is 0.210 e. The molecule has 1 heterocycles. The van der Waals surface area contributed by atoms with Crippen LogP contribution < -0.4 is 10.6 Å². The molecule has 0 spiro atoms. The second kappa shape index (κ2) is 7.79. The van der Waals surface area contributed by atoms with Gasteiger partial charge in [0.05, 0.1) is 11.6 Å². The van der Waals surface area contributed by atoms with E-state index in [0.29, 0.717) is 33.4 Å². The molecule has 3 rings (SSSR count). The van der Waals surface area contributed by atoms with Crippen LogP contribution in [0, 0.1) is 0 Å². The van der Waals surface area contributed by atoms with Gasteiger partial charge in [-0.05, 0) is 30.3 Å². The van der Waals surface area contributed by atoms with E-state index < -0.39 is 0 Å². The van der Waals surface area contributed by atoms with E-state index in [9.17, 15) is 0 Å². The predicted octanol–water partition coefficient (Wildman–Crippen LogP) is 4.14. The van der Waals surface area contributed by atoms with Crippen molar-refractivity contribution in [3.05, 3.63) is 58.6 Å². The smallest absolute Gasteiger partial charge is 0.210 e. The zero-order chi connectivity index (χ0) is 16.9. The van der Waals surface area contributed by atoms with Crippen LogP contribution in [-0.4, -0.2) is 27.2 Å². The highest BCUT2D eigenvalue weighted by Crippen LogP contribution is 2.27. The molecule has 0 radical (unpaired) electrons. The van der Waals surface area contributed by atoms with Gasteiger partial charge >= 0.3 is 0 Å². The highest BCUT2D eigenvalue weighted by Gasteiger charge is 2.14. The Morgan fingerprint density at radius 3 is 2.71 bits per heavy atom. The van der Waals surface area contributed by atoms with Crippen LogP contribution >= 0.6 is 35.0 Å². The minimum Gasteiger partial charge on any atom is -0.493 e. The molecule has 5 nitrogen and oxygen atoms in total. The molecule has 1 aromatic heterocycles. The molecule has 0 unspecified atom stereocenters. The van der Waals surface area contributed by atoms with Crippen LogP contribution in [0.1, 0.15) is 0 Å². The molecule has 0 aliphatic carbocycles. The average molecular weight is 381 g/mol. The molecule has 0 atom stereocenters. The maximum absolute atomic E-state index is 6.17. The van der Waals surface area contributed by atoms with Gasteiger partial charge < -0.3 is 10.6 Å². The molecule has 0 bridgehead atoms. The largest absolute Gasteiger partial charge is 0.493 e. The van der Waals surface area contributed by atoms with Crippen molar-refractivity contribution in [1.82, 2.24) is 14.9 Å². The molecule has 0 fully saturated rings. The first-order valence-corrected chi connectivity index (χ1v) is 8.86. The summed E-state index contributed by atoms with van der Waals surface area (Å²) in [5, 5.41) is 10.0. The van der Waals surface area contributed by atoms with Crippen molar-refractivity contribution < 1.29 is 4.74 Å². The Balaban J connectivity index is 1.60. The van der Waals surface area contributed by atoms with Crippen molar-refractivity contribution in [2.45, 2.75) is 5.16 Å². The van der Waals surface area contributed by atoms with Gasteiger partial charge in [-0.3, -0.25) is 0 Å². The van der Waals surface area contributed by atoms with E-state index in [1.807, 2.05) is 30.3 Å². The van der Waals surface area contributed by atoms with Gasteiger partial charge in [0.15, 0.2) is 5.82 Å². The number of ether oxygens (including phenoxy) is 1. The number of hydrogen-bond acceptors (Lipinski definition) is 5. The first kappa shape index (κ1) is 17.0. The van der Waals surface area contributed by atoms with Gasteiger partial charge in [-0.25, -0.2) is 4.68 Å². The third kappa shape index (κ3) is 3.95. The van der Waals surface area contributed by atoms with Gasteiger partial charge in [0.25, 0.3) is 0 Å². The lowest BCUT2D eigenvalue weighted by Gasteiger charge is -2.07. The van der Waals surface area contributed by atoms with Crippen LogP contribution in [0.3, 0.4) is 0 Å². The lowest BCUT2D eigenvalue weighted by atomic mass is 10.2. The summed E-state index contributed by atoms with van der Waals surface area (Å²) >= 11 is 13.5. The molecule has 8 heteroatoms. The summed E-state index contributed by atoms with van der Waals surface area (Å²) in [4.78, 5) is 0. The Kier molecular flexibility index (Phi) is 5.50. The first-order chi connectivity index (χ1) is 11.6. The van der Waals surface area contributed by atoms with Crippen LogP contribution in [0.25, 0.3) is 11.4 Å². The molecule has 0 saturated heterocycles. The Morgan fingerprint density at radius 2 is 1.92 bits per heavy atom. The quantitative estimate of drug-likeness (QED) is 0.395. The van der Waals surface area contributed by atoms with Gasteiger partial charge in [-0.1, -0.05) is 53.2 Å². The van der Waals surface area contributed by atoms with Crippen molar-refractivity contribution in [1.29, 1.82) is 0 Å². The summed E-state index contributed by atoms with van der Waals surface area (Å²) in [7, 11) is 0. The van der Waals surface area contributed by atoms with Crippen molar-refractivity contribution in [3.63, 3.8) is 0 Å². The van der Waals surface area contributed by atoms with Crippen LogP contribution in [-0.2, 0) is 0 Å².